The van der Waals surface area contributed by atoms with Gasteiger partial charge < -0.3 is 16.2 Å². The number of aromatic carboxylic acids is 1. The van der Waals surface area contributed by atoms with E-state index in [0.29, 0.717) is 13.0 Å². The highest BCUT2D eigenvalue weighted by molar-refractivity contribution is 7.09. The van der Waals surface area contributed by atoms with E-state index in [1.807, 2.05) is 0 Å². The first kappa shape index (κ1) is 15.4. The van der Waals surface area contributed by atoms with Gasteiger partial charge in [0, 0.05) is 11.8 Å². The number of carbonyl (C=O) groups excluding carboxylic acids is 1. The summed E-state index contributed by atoms with van der Waals surface area (Å²) in [6.07, 6.45) is 0.604. The van der Waals surface area contributed by atoms with Crippen LogP contribution in [0.15, 0.2) is 23.6 Å². The summed E-state index contributed by atoms with van der Waals surface area (Å²) in [6.45, 7) is 0.459. The maximum atomic E-state index is 12.1. The third-order valence-electron chi connectivity index (χ3n) is 2.60. The van der Waals surface area contributed by atoms with Gasteiger partial charge in [0.15, 0.2) is 0 Å². The fraction of sp³-hybridized carbons (Fsp3) is 0.154. The molecule has 2 aromatic rings. The Kier molecular flexibility index (Phi) is 4.89. The monoisotopic (exact) mass is 325 g/mol. The molecular weight excluding hydrogens is 314 g/mol. The van der Waals surface area contributed by atoms with Gasteiger partial charge in [0.05, 0.1) is 21.3 Å². The van der Waals surface area contributed by atoms with Crippen molar-refractivity contribution in [2.45, 2.75) is 6.42 Å². The third kappa shape index (κ3) is 3.78. The molecule has 0 spiro atoms. The molecule has 0 fully saturated rings. The number of carbonyl (C=O) groups is 2. The van der Waals surface area contributed by atoms with Crippen molar-refractivity contribution in [3.8, 4) is 0 Å². The lowest BCUT2D eigenvalue weighted by atomic mass is 10.2. The van der Waals surface area contributed by atoms with Gasteiger partial charge >= 0.3 is 5.97 Å². The molecule has 0 aliphatic carbocycles. The second kappa shape index (κ2) is 6.66. The molecule has 0 atom stereocenters. The Morgan fingerprint density at radius 2 is 2.19 bits per heavy atom. The number of hydrogen-bond donors (Lipinski definition) is 3. The normalized spacial score (nSPS) is 10.4. The van der Waals surface area contributed by atoms with Gasteiger partial charge in [0.25, 0.3) is 5.91 Å². The first-order chi connectivity index (χ1) is 10.0. The average Bonchev–Trinajstić information content (AvgIpc) is 2.90. The number of anilines is 1. The van der Waals surface area contributed by atoms with E-state index in [1.165, 1.54) is 29.5 Å². The summed E-state index contributed by atoms with van der Waals surface area (Å²) in [6, 6.07) is 4.08. The molecule has 0 aliphatic heterocycles. The van der Waals surface area contributed by atoms with E-state index < -0.39 is 11.9 Å². The van der Waals surface area contributed by atoms with Crippen LogP contribution in [0.4, 0.5) is 5.69 Å². The van der Waals surface area contributed by atoms with Gasteiger partial charge in [-0.2, -0.15) is 0 Å². The predicted octanol–water partition coefficient (Wildman–Crippen LogP) is 2.25. The van der Waals surface area contributed by atoms with Crippen molar-refractivity contribution < 1.29 is 14.7 Å². The van der Waals surface area contributed by atoms with E-state index in [1.54, 1.807) is 5.38 Å². The van der Waals surface area contributed by atoms with Gasteiger partial charge in [-0.25, -0.2) is 9.78 Å². The summed E-state index contributed by atoms with van der Waals surface area (Å²) in [5.74, 6) is -1.54. The predicted molar refractivity (Wildman–Crippen MR) is 81.2 cm³/mol. The van der Waals surface area contributed by atoms with Crippen molar-refractivity contribution in [2.24, 2.45) is 5.73 Å². The molecule has 0 aliphatic rings. The van der Waals surface area contributed by atoms with Crippen LogP contribution in [0.3, 0.4) is 0 Å². The molecule has 6 nitrogen and oxygen atoms in total. The molecule has 0 radical (unpaired) electrons. The molecule has 110 valence electrons. The van der Waals surface area contributed by atoms with Crippen molar-refractivity contribution >= 4 is 40.5 Å². The molecular formula is C13H12ClN3O3S. The van der Waals surface area contributed by atoms with Gasteiger partial charge in [0.2, 0.25) is 0 Å². The number of carboxylic acids is 1. The molecule has 1 amide bonds. The van der Waals surface area contributed by atoms with Gasteiger partial charge in [-0.3, -0.25) is 4.79 Å². The first-order valence-corrected chi connectivity index (χ1v) is 7.25. The van der Waals surface area contributed by atoms with Gasteiger partial charge in [0.1, 0.15) is 5.69 Å². The summed E-state index contributed by atoms with van der Waals surface area (Å²) in [5, 5.41) is 14.1. The molecule has 0 bridgehead atoms. The summed E-state index contributed by atoms with van der Waals surface area (Å²) in [5.41, 5.74) is 5.95. The average molecular weight is 326 g/mol. The lowest BCUT2D eigenvalue weighted by molar-refractivity contribution is 0.0696. The van der Waals surface area contributed by atoms with Crippen LogP contribution in [-0.4, -0.2) is 28.5 Å². The molecule has 2 rings (SSSR count). The summed E-state index contributed by atoms with van der Waals surface area (Å²) in [7, 11) is 0. The number of carboxylic acid groups (broad SMARTS) is 1. The second-order valence-electron chi connectivity index (χ2n) is 4.12. The lowest BCUT2D eigenvalue weighted by Crippen LogP contribution is -2.13. The van der Waals surface area contributed by atoms with Crippen LogP contribution in [0.1, 0.15) is 25.9 Å². The number of benzene rings is 1. The number of amides is 1. The number of hydrogen-bond acceptors (Lipinski definition) is 5. The highest BCUT2D eigenvalue weighted by Crippen LogP contribution is 2.24. The fourth-order valence-corrected chi connectivity index (χ4v) is 2.55. The van der Waals surface area contributed by atoms with Crippen molar-refractivity contribution in [1.82, 2.24) is 4.98 Å². The zero-order valence-corrected chi connectivity index (χ0v) is 12.4. The van der Waals surface area contributed by atoms with E-state index >= 15 is 0 Å². The Bertz CT molecular complexity index is 687. The minimum absolute atomic E-state index is 0.0387. The summed E-state index contributed by atoms with van der Waals surface area (Å²) < 4.78 is 0. The molecule has 0 saturated heterocycles. The third-order valence-corrected chi connectivity index (χ3v) is 3.84. The standard InChI is InChI=1S/C13H12ClN3O3S/c14-8-2-1-7(13(19)20)5-9(8)17-12(18)10-6-21-11(16-10)3-4-15/h1-2,5-6H,3-4,15H2,(H,17,18)(H,19,20). The zero-order valence-electron chi connectivity index (χ0n) is 10.8. The van der Waals surface area contributed by atoms with E-state index in [-0.39, 0.29) is 22.0 Å². The fourth-order valence-electron chi connectivity index (χ4n) is 1.59. The number of nitrogens with two attached hydrogens (primary N) is 1. The minimum atomic E-state index is -1.10. The van der Waals surface area contributed by atoms with Crippen LogP contribution in [0.5, 0.6) is 0 Å². The van der Waals surface area contributed by atoms with Crippen molar-refractivity contribution in [1.29, 1.82) is 0 Å². The Labute approximate surface area is 129 Å². The van der Waals surface area contributed by atoms with Crippen molar-refractivity contribution in [3.63, 3.8) is 0 Å². The number of thiazole rings is 1. The minimum Gasteiger partial charge on any atom is -0.478 e. The van der Waals surface area contributed by atoms with E-state index in [4.69, 9.17) is 22.4 Å². The number of halogens is 1. The zero-order chi connectivity index (χ0) is 15.4. The van der Waals surface area contributed by atoms with Crippen molar-refractivity contribution in [3.05, 3.63) is 44.9 Å². The SMILES string of the molecule is NCCc1nc(C(=O)Nc2cc(C(=O)O)ccc2Cl)cs1. The lowest BCUT2D eigenvalue weighted by Gasteiger charge is -2.06. The number of nitrogens with one attached hydrogen (secondary N) is 1. The van der Waals surface area contributed by atoms with Crippen LogP contribution in [0.2, 0.25) is 5.02 Å². The first-order valence-electron chi connectivity index (χ1n) is 6.00. The number of aromatic nitrogens is 1. The smallest absolute Gasteiger partial charge is 0.335 e. The molecule has 0 unspecified atom stereocenters. The summed E-state index contributed by atoms with van der Waals surface area (Å²) >= 11 is 7.29. The molecule has 4 N–H and O–H groups in total. The highest BCUT2D eigenvalue weighted by Gasteiger charge is 2.14. The van der Waals surface area contributed by atoms with Crippen LogP contribution in [0, 0.1) is 0 Å². The maximum absolute atomic E-state index is 12.1. The Balaban J connectivity index is 2.18. The number of rotatable bonds is 5. The molecule has 8 heteroatoms. The second-order valence-corrected chi connectivity index (χ2v) is 5.47. The molecule has 1 aromatic carbocycles. The van der Waals surface area contributed by atoms with Crippen LogP contribution in [-0.2, 0) is 6.42 Å². The van der Waals surface area contributed by atoms with Gasteiger partial charge in [-0.15, -0.1) is 11.3 Å². The Hall–Kier alpha value is -1.96. The van der Waals surface area contributed by atoms with Crippen molar-refractivity contribution in [2.75, 3.05) is 11.9 Å². The Morgan fingerprint density at radius 1 is 1.43 bits per heavy atom. The molecule has 0 saturated carbocycles. The highest BCUT2D eigenvalue weighted by atomic mass is 35.5. The van der Waals surface area contributed by atoms with E-state index in [9.17, 15) is 9.59 Å². The quantitative estimate of drug-likeness (QED) is 0.782. The van der Waals surface area contributed by atoms with Gasteiger partial charge in [-0.05, 0) is 24.7 Å². The van der Waals surface area contributed by atoms with Crippen LogP contribution < -0.4 is 11.1 Å². The van der Waals surface area contributed by atoms with E-state index in [0.717, 1.165) is 5.01 Å². The molecule has 21 heavy (non-hydrogen) atoms. The van der Waals surface area contributed by atoms with Crippen LogP contribution in [0.25, 0.3) is 0 Å². The number of nitrogens with zero attached hydrogens (tertiary/aromatic N) is 1. The molecule has 1 aromatic heterocycles. The topological polar surface area (TPSA) is 105 Å². The Morgan fingerprint density at radius 3 is 2.86 bits per heavy atom. The summed E-state index contributed by atoms with van der Waals surface area (Å²) in [4.78, 5) is 27.1. The molecule has 1 heterocycles. The van der Waals surface area contributed by atoms with E-state index in [2.05, 4.69) is 10.3 Å². The van der Waals surface area contributed by atoms with Crippen LogP contribution >= 0.6 is 22.9 Å². The largest absolute Gasteiger partial charge is 0.478 e. The van der Waals surface area contributed by atoms with Gasteiger partial charge in [-0.1, -0.05) is 11.6 Å². The maximum Gasteiger partial charge on any atom is 0.335 e.